The predicted octanol–water partition coefficient (Wildman–Crippen LogP) is 2.10. The molecule has 23 heavy (non-hydrogen) atoms. The second-order valence-corrected chi connectivity index (χ2v) is 5.71. The summed E-state index contributed by atoms with van der Waals surface area (Å²) in [4.78, 5) is 1.58. The third-order valence-electron chi connectivity index (χ3n) is 2.46. The Hall–Kier alpha value is -0.826. The van der Waals surface area contributed by atoms with E-state index in [-0.39, 0.29) is 0 Å². The third-order valence-corrected chi connectivity index (χ3v) is 3.55. The molecule has 0 unspecified atom stereocenters. The van der Waals surface area contributed by atoms with Crippen molar-refractivity contribution >= 4 is 16.8 Å². The molecule has 4 nitrogen and oxygen atoms in total. The van der Waals surface area contributed by atoms with Gasteiger partial charge < -0.3 is 4.74 Å². The number of ether oxygens (including phenoxy) is 4. The summed E-state index contributed by atoms with van der Waals surface area (Å²) in [5.41, 5.74) is 0. The van der Waals surface area contributed by atoms with Crippen molar-refractivity contribution in [2.24, 2.45) is 0 Å². The Labute approximate surface area is 150 Å². The first kappa shape index (κ1) is 20.2. The van der Waals surface area contributed by atoms with Crippen molar-refractivity contribution in [3.63, 3.8) is 0 Å². The molecule has 0 saturated heterocycles. The van der Waals surface area contributed by atoms with Gasteiger partial charge in [0, 0.05) is 0 Å². The fourth-order valence-electron chi connectivity index (χ4n) is 1.33. The summed E-state index contributed by atoms with van der Waals surface area (Å²) in [5, 5.41) is 2.56. The number of hydrogen-bond donors (Lipinski definition) is 0. The van der Waals surface area contributed by atoms with E-state index in [0.29, 0.717) is 51.5 Å². The van der Waals surface area contributed by atoms with E-state index in [9.17, 15) is 0 Å². The van der Waals surface area contributed by atoms with Crippen LogP contribution in [0.4, 0.5) is 0 Å². The average molecular weight is 381 g/mol. The van der Waals surface area contributed by atoms with Crippen LogP contribution in [0, 0.1) is 12.3 Å². The molecule has 0 fully saturated rings. The molecule has 0 aromatic carbocycles. The van der Waals surface area contributed by atoms with E-state index in [1.54, 1.807) is 22.8 Å². The second-order valence-electron chi connectivity index (χ2n) is 4.29. The van der Waals surface area contributed by atoms with Crippen LogP contribution >= 0.6 is 11.8 Å². The number of terminal acetylenes is 1. The number of allylic oxidation sites excluding steroid dienone is 2. The van der Waals surface area contributed by atoms with Crippen molar-refractivity contribution in [3.8, 4) is 12.3 Å². The first-order chi connectivity index (χ1) is 11.4. The molecule has 0 aliphatic heterocycles. The molecule has 0 aromatic rings. The van der Waals surface area contributed by atoms with Crippen LogP contribution in [0.3, 0.4) is 0 Å². The molecule has 0 N–H and O–H groups in total. The summed E-state index contributed by atoms with van der Waals surface area (Å²) >= 11 is 6.27. The van der Waals surface area contributed by atoms with Gasteiger partial charge in [0.05, 0.1) is 0 Å². The number of thioether (sulfide) groups is 1. The first-order valence-corrected chi connectivity index (χ1v) is 8.78. The minimum atomic E-state index is 0.319. The average Bonchev–Trinajstić information content (AvgIpc) is 3.37. The molecule has 1 aliphatic rings. The van der Waals surface area contributed by atoms with E-state index in [4.69, 9.17) is 25.4 Å². The zero-order chi connectivity index (χ0) is 16.6. The molecule has 1 rings (SSSR count). The molecule has 0 atom stereocenters. The van der Waals surface area contributed by atoms with Gasteiger partial charge >= 0.3 is 126 Å². The summed E-state index contributed by atoms with van der Waals surface area (Å²) in [6, 6.07) is 0. The van der Waals surface area contributed by atoms with Gasteiger partial charge in [-0.25, -0.2) is 0 Å². The van der Waals surface area contributed by atoms with Crippen molar-refractivity contribution in [1.29, 1.82) is 0 Å². The van der Waals surface area contributed by atoms with E-state index in [1.165, 1.54) is 0 Å². The van der Waals surface area contributed by atoms with Crippen molar-refractivity contribution in [2.75, 3.05) is 46.2 Å². The van der Waals surface area contributed by atoms with Crippen molar-refractivity contribution in [3.05, 3.63) is 35.5 Å². The third kappa shape index (κ3) is 13.3. The van der Waals surface area contributed by atoms with E-state index < -0.39 is 0 Å². The Kier molecular flexibility index (Phi) is 13.0. The Balaban J connectivity index is 1.93. The normalized spacial score (nSPS) is 14.2. The van der Waals surface area contributed by atoms with Crippen molar-refractivity contribution in [2.45, 2.75) is 5.25 Å². The molecule has 130 valence electrons. The molecular weight excluding hydrogens is 359 g/mol. The van der Waals surface area contributed by atoms with E-state index in [1.807, 2.05) is 11.5 Å². The monoisotopic (exact) mass is 380 g/mol. The fraction of sp³-hybridized carbons (Fsp3) is 0.471. The van der Waals surface area contributed by atoms with Gasteiger partial charge in [-0.3, -0.25) is 0 Å². The van der Waals surface area contributed by atoms with Crippen LogP contribution in [-0.2, 0) is 34.0 Å². The molecule has 6 heteroatoms. The predicted molar refractivity (Wildman–Crippen MR) is 91.0 cm³/mol. The SMILES string of the molecule is C#CCOCCOCCOCCO/C(C=CSC1C=C1)=C/[CH]=[Ni]. The molecule has 0 heterocycles. The van der Waals surface area contributed by atoms with E-state index in [2.05, 4.69) is 33.1 Å². The van der Waals surface area contributed by atoms with Crippen LogP contribution in [0.2, 0.25) is 0 Å². The molecule has 0 aromatic heterocycles. The Morgan fingerprint density at radius 1 is 1.09 bits per heavy atom. The maximum atomic E-state index is 5.60. The van der Waals surface area contributed by atoms with E-state index >= 15 is 0 Å². The van der Waals surface area contributed by atoms with Crippen LogP contribution in [-0.4, -0.2) is 56.5 Å². The molecule has 0 amide bonds. The van der Waals surface area contributed by atoms with Gasteiger partial charge in [0.1, 0.15) is 6.61 Å². The van der Waals surface area contributed by atoms with Crippen molar-refractivity contribution in [1.82, 2.24) is 0 Å². The van der Waals surface area contributed by atoms with Crippen LogP contribution in [0.5, 0.6) is 0 Å². The van der Waals surface area contributed by atoms with Crippen LogP contribution in [0.1, 0.15) is 0 Å². The Morgan fingerprint density at radius 2 is 1.74 bits per heavy atom. The van der Waals surface area contributed by atoms with Gasteiger partial charge in [0.15, 0.2) is 0 Å². The molecular formula is C17H22NiO4S. The summed E-state index contributed by atoms with van der Waals surface area (Å²) in [5.74, 6) is 3.14. The Morgan fingerprint density at radius 3 is 2.35 bits per heavy atom. The van der Waals surface area contributed by atoms with Crippen LogP contribution < -0.4 is 0 Å². The molecule has 0 bridgehead atoms. The van der Waals surface area contributed by atoms with Gasteiger partial charge in [-0.05, 0) is 0 Å². The summed E-state index contributed by atoms with van der Waals surface area (Å²) in [6.07, 6.45) is 13.0. The summed E-state index contributed by atoms with van der Waals surface area (Å²) in [7, 11) is 0. The zero-order valence-corrected chi connectivity index (χ0v) is 14.7. The number of hydrogen-bond acceptors (Lipinski definition) is 5. The van der Waals surface area contributed by atoms with Gasteiger partial charge in [0.2, 0.25) is 0 Å². The van der Waals surface area contributed by atoms with Crippen molar-refractivity contribution < 1.29 is 34.0 Å². The van der Waals surface area contributed by atoms with Gasteiger partial charge in [-0.15, -0.1) is 6.42 Å². The van der Waals surface area contributed by atoms with Gasteiger partial charge in [0.25, 0.3) is 0 Å². The molecule has 0 saturated carbocycles. The topological polar surface area (TPSA) is 36.9 Å². The maximum absolute atomic E-state index is 5.60. The Bertz CT molecular complexity index is 448. The zero-order valence-electron chi connectivity index (χ0n) is 12.9. The minimum absolute atomic E-state index is 0.319. The molecule has 0 spiro atoms. The van der Waals surface area contributed by atoms with Gasteiger partial charge in [-0.2, -0.15) is 0 Å². The first-order valence-electron chi connectivity index (χ1n) is 7.27. The summed E-state index contributed by atoms with van der Waals surface area (Å²) < 4.78 is 21.4. The quantitative estimate of drug-likeness (QED) is 0.109. The second kappa shape index (κ2) is 14.7. The van der Waals surface area contributed by atoms with Gasteiger partial charge in [-0.1, -0.05) is 5.92 Å². The summed E-state index contributed by atoms with van der Waals surface area (Å²) in [6.45, 7) is 3.35. The van der Waals surface area contributed by atoms with E-state index in [0.717, 1.165) is 5.76 Å². The van der Waals surface area contributed by atoms with Crippen LogP contribution in [0.15, 0.2) is 35.5 Å². The number of rotatable bonds is 15. The fourth-order valence-corrected chi connectivity index (χ4v) is 2.15. The standard InChI is InChI=1S/C17H22O4S.Ni/c1-3-8-18-9-10-19-11-12-20-13-14-21-16(4-2)7-15-22-17-5-6-17;/h1-2,4-7,15,17H,8-14H2;/b15-7?,16-4+;. The van der Waals surface area contributed by atoms with Crippen LogP contribution in [0.25, 0.3) is 0 Å². The molecule has 0 radical (unpaired) electrons. The molecule has 1 aliphatic carbocycles.